The summed E-state index contributed by atoms with van der Waals surface area (Å²) in [6, 6.07) is 11.7. The number of nitrogens with one attached hydrogen (secondary N) is 1. The molecular weight excluding hydrogens is 444 g/mol. The van der Waals surface area contributed by atoms with Gasteiger partial charge in [0.25, 0.3) is 5.91 Å². The second-order valence-electron chi connectivity index (χ2n) is 7.06. The average Bonchev–Trinajstić information content (AvgIpc) is 2.79. The minimum atomic E-state index is -3.66. The lowest BCUT2D eigenvalue weighted by atomic mass is 10.2. The summed E-state index contributed by atoms with van der Waals surface area (Å²) in [6.07, 6.45) is 2.80. The van der Waals surface area contributed by atoms with Gasteiger partial charge in [-0.1, -0.05) is 32.0 Å². The standard InChI is InChI=1S/C24H30N2O6S/c1-5-26(6-2)33(29,30)21-14-8-18(4)22(16-21)25-23(27)17-32-24(28)15-11-19-9-12-20(13-10-19)31-7-3/h8-16H,5-7,17H2,1-4H3,(H,25,27)/b15-11+. The molecule has 1 amide bonds. The zero-order valence-electron chi connectivity index (χ0n) is 19.3. The second-order valence-corrected chi connectivity index (χ2v) is 9.00. The summed E-state index contributed by atoms with van der Waals surface area (Å²) < 4.78 is 37.1. The van der Waals surface area contributed by atoms with E-state index in [-0.39, 0.29) is 4.90 Å². The zero-order valence-corrected chi connectivity index (χ0v) is 20.1. The minimum Gasteiger partial charge on any atom is -0.494 e. The van der Waals surface area contributed by atoms with E-state index in [0.717, 1.165) is 11.3 Å². The number of benzene rings is 2. The molecule has 1 N–H and O–H groups in total. The number of esters is 1. The smallest absolute Gasteiger partial charge is 0.331 e. The minimum absolute atomic E-state index is 0.0855. The molecule has 2 aromatic rings. The average molecular weight is 475 g/mol. The molecule has 33 heavy (non-hydrogen) atoms. The molecule has 178 valence electrons. The molecule has 8 nitrogen and oxygen atoms in total. The van der Waals surface area contributed by atoms with Crippen molar-refractivity contribution in [2.24, 2.45) is 0 Å². The highest BCUT2D eigenvalue weighted by Crippen LogP contribution is 2.23. The summed E-state index contributed by atoms with van der Waals surface area (Å²) in [5.41, 5.74) is 1.81. The van der Waals surface area contributed by atoms with Crippen LogP contribution in [0.4, 0.5) is 5.69 Å². The van der Waals surface area contributed by atoms with E-state index < -0.39 is 28.5 Å². The van der Waals surface area contributed by atoms with Gasteiger partial charge in [-0.2, -0.15) is 4.31 Å². The number of rotatable bonds is 11. The van der Waals surface area contributed by atoms with E-state index in [1.54, 1.807) is 57.2 Å². The Bertz CT molecular complexity index is 1090. The van der Waals surface area contributed by atoms with E-state index in [9.17, 15) is 18.0 Å². The number of aryl methyl sites for hydroxylation is 1. The Kier molecular flexibility index (Phi) is 9.62. The number of carbonyl (C=O) groups is 2. The van der Waals surface area contributed by atoms with Crippen molar-refractivity contribution in [1.82, 2.24) is 4.31 Å². The number of hydrogen-bond acceptors (Lipinski definition) is 6. The lowest BCUT2D eigenvalue weighted by Gasteiger charge is -2.19. The first-order valence-electron chi connectivity index (χ1n) is 10.7. The monoisotopic (exact) mass is 474 g/mol. The number of carbonyl (C=O) groups excluding carboxylic acids is 2. The largest absolute Gasteiger partial charge is 0.494 e. The topological polar surface area (TPSA) is 102 Å². The molecule has 0 aromatic heterocycles. The molecule has 0 unspecified atom stereocenters. The molecule has 0 saturated heterocycles. The number of nitrogens with zero attached hydrogens (tertiary/aromatic N) is 1. The van der Waals surface area contributed by atoms with Gasteiger partial charge in [-0.3, -0.25) is 4.79 Å². The lowest BCUT2D eigenvalue weighted by Crippen LogP contribution is -2.30. The maximum absolute atomic E-state index is 12.7. The van der Waals surface area contributed by atoms with Gasteiger partial charge in [0, 0.05) is 24.9 Å². The molecule has 0 atom stereocenters. The summed E-state index contributed by atoms with van der Waals surface area (Å²) in [5.74, 6) is -0.509. The van der Waals surface area contributed by atoms with Crippen molar-refractivity contribution in [1.29, 1.82) is 0 Å². The molecule has 0 aliphatic rings. The molecule has 0 saturated carbocycles. The fourth-order valence-corrected chi connectivity index (χ4v) is 4.47. The van der Waals surface area contributed by atoms with Gasteiger partial charge in [-0.05, 0) is 55.3 Å². The van der Waals surface area contributed by atoms with Crippen molar-refractivity contribution >= 4 is 33.7 Å². The van der Waals surface area contributed by atoms with Crippen molar-refractivity contribution < 1.29 is 27.5 Å². The highest BCUT2D eigenvalue weighted by molar-refractivity contribution is 7.89. The molecule has 0 bridgehead atoms. The van der Waals surface area contributed by atoms with Crippen LogP contribution in [0.1, 0.15) is 31.9 Å². The molecule has 0 radical (unpaired) electrons. The number of amides is 1. The van der Waals surface area contributed by atoms with Crippen LogP contribution in [0.2, 0.25) is 0 Å². The highest BCUT2D eigenvalue weighted by Gasteiger charge is 2.22. The number of sulfonamides is 1. The molecule has 2 aromatic carbocycles. The molecule has 0 fully saturated rings. The van der Waals surface area contributed by atoms with E-state index in [1.807, 2.05) is 6.92 Å². The molecule has 0 spiro atoms. The Balaban J connectivity index is 1.97. The van der Waals surface area contributed by atoms with Crippen LogP contribution in [-0.4, -0.2) is 50.9 Å². The Morgan fingerprint density at radius 1 is 1.03 bits per heavy atom. The first kappa shape index (κ1) is 26.1. The predicted molar refractivity (Wildman–Crippen MR) is 128 cm³/mol. The van der Waals surface area contributed by atoms with Crippen molar-refractivity contribution in [3.05, 3.63) is 59.7 Å². The Hall–Kier alpha value is -3.17. The third-order valence-electron chi connectivity index (χ3n) is 4.77. The quantitative estimate of drug-likeness (QED) is 0.394. The van der Waals surface area contributed by atoms with Crippen LogP contribution in [0.15, 0.2) is 53.4 Å². The van der Waals surface area contributed by atoms with Gasteiger partial charge in [-0.25, -0.2) is 13.2 Å². The first-order chi connectivity index (χ1) is 15.7. The third kappa shape index (κ3) is 7.44. The predicted octanol–water partition coefficient (Wildman–Crippen LogP) is 3.62. The maximum Gasteiger partial charge on any atom is 0.331 e. The van der Waals surface area contributed by atoms with Crippen LogP contribution in [0.5, 0.6) is 5.75 Å². The molecule has 9 heteroatoms. The number of hydrogen-bond donors (Lipinski definition) is 1. The van der Waals surface area contributed by atoms with Crippen molar-refractivity contribution in [3.63, 3.8) is 0 Å². The van der Waals surface area contributed by atoms with Gasteiger partial charge >= 0.3 is 5.97 Å². The maximum atomic E-state index is 12.7. The normalized spacial score (nSPS) is 11.5. The van der Waals surface area contributed by atoms with Crippen molar-refractivity contribution in [2.45, 2.75) is 32.6 Å². The molecule has 0 aliphatic carbocycles. The third-order valence-corrected chi connectivity index (χ3v) is 6.82. The molecule has 2 rings (SSSR count). The van der Waals surface area contributed by atoms with Crippen LogP contribution < -0.4 is 10.1 Å². The van der Waals surface area contributed by atoms with Crippen molar-refractivity contribution in [3.8, 4) is 5.75 Å². The lowest BCUT2D eigenvalue weighted by molar-refractivity contribution is -0.142. The summed E-state index contributed by atoms with van der Waals surface area (Å²) in [5, 5.41) is 2.61. The van der Waals surface area contributed by atoms with Gasteiger partial charge in [0.2, 0.25) is 10.0 Å². The van der Waals surface area contributed by atoms with Crippen LogP contribution >= 0.6 is 0 Å². The van der Waals surface area contributed by atoms with Gasteiger partial charge in [-0.15, -0.1) is 0 Å². The van der Waals surface area contributed by atoms with Gasteiger partial charge < -0.3 is 14.8 Å². The van der Waals surface area contributed by atoms with Crippen LogP contribution in [0.3, 0.4) is 0 Å². The summed E-state index contributed by atoms with van der Waals surface area (Å²) >= 11 is 0. The number of anilines is 1. The summed E-state index contributed by atoms with van der Waals surface area (Å²) in [6.45, 7) is 7.91. The molecular formula is C24H30N2O6S. The first-order valence-corrected chi connectivity index (χ1v) is 12.1. The van der Waals surface area contributed by atoms with Crippen LogP contribution in [-0.2, 0) is 24.3 Å². The summed E-state index contributed by atoms with van der Waals surface area (Å²) in [7, 11) is -3.66. The SMILES string of the molecule is CCOc1ccc(/C=C/C(=O)OCC(=O)Nc2cc(S(=O)(=O)N(CC)CC)ccc2C)cc1. The fourth-order valence-electron chi connectivity index (χ4n) is 2.99. The Morgan fingerprint density at radius 3 is 2.30 bits per heavy atom. The van der Waals surface area contributed by atoms with E-state index in [2.05, 4.69) is 5.32 Å². The van der Waals surface area contributed by atoms with Crippen molar-refractivity contribution in [2.75, 3.05) is 31.6 Å². The summed E-state index contributed by atoms with van der Waals surface area (Å²) in [4.78, 5) is 24.3. The Morgan fingerprint density at radius 2 is 1.70 bits per heavy atom. The molecule has 0 heterocycles. The van der Waals surface area contributed by atoms with Gasteiger partial charge in [0.1, 0.15) is 5.75 Å². The number of ether oxygens (including phenoxy) is 2. The fraction of sp³-hybridized carbons (Fsp3) is 0.333. The zero-order chi connectivity index (χ0) is 24.4. The van der Waals surface area contributed by atoms with Gasteiger partial charge in [0.05, 0.1) is 11.5 Å². The second kappa shape index (κ2) is 12.2. The van der Waals surface area contributed by atoms with Crippen LogP contribution in [0, 0.1) is 6.92 Å². The highest BCUT2D eigenvalue weighted by atomic mass is 32.2. The van der Waals surface area contributed by atoms with E-state index in [0.29, 0.717) is 30.9 Å². The van der Waals surface area contributed by atoms with Crippen LogP contribution in [0.25, 0.3) is 6.08 Å². The van der Waals surface area contributed by atoms with E-state index in [1.165, 1.54) is 22.5 Å². The van der Waals surface area contributed by atoms with Gasteiger partial charge in [0.15, 0.2) is 6.61 Å². The van der Waals surface area contributed by atoms with E-state index >= 15 is 0 Å². The van der Waals surface area contributed by atoms with E-state index in [4.69, 9.17) is 9.47 Å². The molecule has 0 aliphatic heterocycles. The Labute approximate surface area is 195 Å².